The van der Waals surface area contributed by atoms with Crippen LogP contribution in [0.15, 0.2) is 18.2 Å². The summed E-state index contributed by atoms with van der Waals surface area (Å²) in [6.45, 7) is 6.35. The third-order valence-electron chi connectivity index (χ3n) is 5.95. The van der Waals surface area contributed by atoms with Crippen LogP contribution in [-0.4, -0.2) is 18.9 Å². The van der Waals surface area contributed by atoms with Gasteiger partial charge < -0.3 is 4.74 Å². The van der Waals surface area contributed by atoms with Crippen LogP contribution in [0.4, 0.5) is 0 Å². The molecule has 1 aromatic carbocycles. The van der Waals surface area contributed by atoms with Crippen molar-refractivity contribution in [2.24, 2.45) is 11.3 Å². The number of ether oxygens (including phenoxy) is 1. The van der Waals surface area contributed by atoms with Crippen LogP contribution in [0.5, 0.6) is 0 Å². The van der Waals surface area contributed by atoms with Crippen molar-refractivity contribution >= 4 is 11.8 Å². The van der Waals surface area contributed by atoms with Gasteiger partial charge in [-0.25, -0.2) is 0 Å². The average Bonchev–Trinajstić information content (AvgIpc) is 2.58. The van der Waals surface area contributed by atoms with Gasteiger partial charge in [0.05, 0.1) is 13.5 Å². The molecule has 0 N–H and O–H groups in total. The van der Waals surface area contributed by atoms with Gasteiger partial charge in [0.15, 0.2) is 0 Å². The monoisotopic (exact) mass is 344 g/mol. The van der Waals surface area contributed by atoms with Crippen LogP contribution < -0.4 is 0 Å². The van der Waals surface area contributed by atoms with Crippen LogP contribution in [0, 0.1) is 25.2 Å². The maximum atomic E-state index is 12.8. The fraction of sp³-hybridized carbons (Fsp3) is 0.636. The van der Waals surface area contributed by atoms with E-state index in [1.54, 1.807) is 0 Å². The molecule has 2 rings (SSSR count). The minimum absolute atomic E-state index is 0.186. The Morgan fingerprint density at radius 2 is 1.84 bits per heavy atom. The van der Waals surface area contributed by atoms with Gasteiger partial charge in [-0.3, -0.25) is 9.59 Å². The number of esters is 1. The van der Waals surface area contributed by atoms with Crippen molar-refractivity contribution in [2.75, 3.05) is 7.11 Å². The molecule has 1 aliphatic carbocycles. The van der Waals surface area contributed by atoms with Gasteiger partial charge in [0.2, 0.25) is 0 Å². The summed E-state index contributed by atoms with van der Waals surface area (Å²) in [5, 5.41) is 0. The van der Waals surface area contributed by atoms with Crippen LogP contribution in [0.3, 0.4) is 0 Å². The number of aryl methyl sites for hydroxylation is 2. The second-order valence-electron chi connectivity index (χ2n) is 7.93. The van der Waals surface area contributed by atoms with E-state index in [1.165, 1.54) is 24.7 Å². The Bertz CT molecular complexity index is 610. The van der Waals surface area contributed by atoms with Crippen LogP contribution >= 0.6 is 0 Å². The second kappa shape index (κ2) is 8.64. The lowest BCUT2D eigenvalue weighted by Gasteiger charge is -2.39. The second-order valence-corrected chi connectivity index (χ2v) is 7.93. The minimum atomic E-state index is -0.200. The third-order valence-corrected chi connectivity index (χ3v) is 5.95. The van der Waals surface area contributed by atoms with E-state index in [2.05, 4.69) is 39.0 Å². The molecule has 0 aromatic heterocycles. The van der Waals surface area contributed by atoms with Crippen molar-refractivity contribution in [1.82, 2.24) is 0 Å². The Labute approximate surface area is 152 Å². The average molecular weight is 344 g/mol. The van der Waals surface area contributed by atoms with Crippen LogP contribution in [0.2, 0.25) is 0 Å². The molecule has 0 heterocycles. The highest BCUT2D eigenvalue weighted by Gasteiger charge is 2.38. The Morgan fingerprint density at radius 1 is 1.16 bits per heavy atom. The van der Waals surface area contributed by atoms with Crippen molar-refractivity contribution < 1.29 is 14.3 Å². The Balaban J connectivity index is 2.07. The van der Waals surface area contributed by atoms with Gasteiger partial charge in [0, 0.05) is 12.8 Å². The van der Waals surface area contributed by atoms with Gasteiger partial charge >= 0.3 is 5.97 Å². The first-order chi connectivity index (χ1) is 11.9. The molecule has 0 radical (unpaired) electrons. The highest BCUT2D eigenvalue weighted by atomic mass is 16.5. The zero-order chi connectivity index (χ0) is 18.4. The molecule has 3 nitrogen and oxygen atoms in total. The van der Waals surface area contributed by atoms with E-state index < -0.39 is 0 Å². The predicted octanol–water partition coefficient (Wildman–Crippen LogP) is 4.95. The minimum Gasteiger partial charge on any atom is -0.469 e. The first-order valence-electron chi connectivity index (χ1n) is 9.52. The van der Waals surface area contributed by atoms with Crippen LogP contribution in [0.25, 0.3) is 0 Å². The fourth-order valence-corrected chi connectivity index (χ4v) is 4.23. The highest BCUT2D eigenvalue weighted by Crippen LogP contribution is 2.45. The van der Waals surface area contributed by atoms with Crippen molar-refractivity contribution in [1.29, 1.82) is 0 Å². The Morgan fingerprint density at radius 3 is 2.40 bits per heavy atom. The van der Waals surface area contributed by atoms with E-state index in [9.17, 15) is 9.59 Å². The quantitative estimate of drug-likeness (QED) is 0.657. The molecule has 0 atom stereocenters. The molecular weight excluding hydrogens is 312 g/mol. The van der Waals surface area contributed by atoms with E-state index in [-0.39, 0.29) is 17.2 Å². The SMILES string of the molecule is CCC1CCC(CC(=O)Cc2ccc(C)cc2C)(CC(=O)OC)CC1. The molecular formula is C22H32O3. The third kappa shape index (κ3) is 5.42. The number of hydrogen-bond acceptors (Lipinski definition) is 3. The zero-order valence-corrected chi connectivity index (χ0v) is 16.2. The molecule has 138 valence electrons. The Hall–Kier alpha value is -1.64. The van der Waals surface area contributed by atoms with Crippen molar-refractivity contribution in [2.45, 2.75) is 72.1 Å². The van der Waals surface area contributed by atoms with E-state index >= 15 is 0 Å². The lowest BCUT2D eigenvalue weighted by molar-refractivity contribution is -0.144. The molecule has 1 aromatic rings. The van der Waals surface area contributed by atoms with Crippen molar-refractivity contribution in [3.8, 4) is 0 Å². The van der Waals surface area contributed by atoms with Crippen molar-refractivity contribution in [3.05, 3.63) is 34.9 Å². The van der Waals surface area contributed by atoms with Gasteiger partial charge in [0.1, 0.15) is 5.78 Å². The van der Waals surface area contributed by atoms with Gasteiger partial charge in [-0.1, -0.05) is 37.1 Å². The molecule has 1 saturated carbocycles. The normalized spacial score (nSPS) is 23.3. The van der Waals surface area contributed by atoms with Gasteiger partial charge in [-0.2, -0.15) is 0 Å². The fourth-order valence-electron chi connectivity index (χ4n) is 4.23. The maximum Gasteiger partial charge on any atom is 0.306 e. The highest BCUT2D eigenvalue weighted by molar-refractivity contribution is 5.82. The van der Waals surface area contributed by atoms with Gasteiger partial charge in [0.25, 0.3) is 0 Å². The van der Waals surface area contributed by atoms with E-state index in [0.717, 1.165) is 37.2 Å². The first kappa shape index (κ1) is 19.7. The van der Waals surface area contributed by atoms with E-state index in [0.29, 0.717) is 19.3 Å². The zero-order valence-electron chi connectivity index (χ0n) is 16.2. The molecule has 0 amide bonds. The summed E-state index contributed by atoms with van der Waals surface area (Å²) in [4.78, 5) is 24.7. The van der Waals surface area contributed by atoms with Gasteiger partial charge in [-0.05, 0) is 62.0 Å². The number of Topliss-reactive ketones (excluding diaryl/α,β-unsaturated/α-hetero) is 1. The number of hydrogen-bond donors (Lipinski definition) is 0. The molecule has 25 heavy (non-hydrogen) atoms. The van der Waals surface area contributed by atoms with E-state index in [4.69, 9.17) is 4.74 Å². The molecule has 0 saturated heterocycles. The lowest BCUT2D eigenvalue weighted by atomic mass is 9.65. The number of carbonyl (C=O) groups is 2. The Kier molecular flexibility index (Phi) is 6.80. The standard InChI is InChI=1S/C22H32O3/c1-5-18-8-10-22(11-9-18,15-21(24)25-4)14-20(23)13-19-7-6-16(2)12-17(19)3/h6-7,12,18H,5,8-11,13-15H2,1-4H3. The molecule has 0 aliphatic heterocycles. The summed E-state index contributed by atoms with van der Waals surface area (Å²) < 4.78 is 4.91. The van der Waals surface area contributed by atoms with Crippen molar-refractivity contribution in [3.63, 3.8) is 0 Å². The number of methoxy groups -OCH3 is 1. The molecule has 0 bridgehead atoms. The largest absolute Gasteiger partial charge is 0.469 e. The number of ketones is 1. The topological polar surface area (TPSA) is 43.4 Å². The number of carbonyl (C=O) groups excluding carboxylic acids is 2. The summed E-state index contributed by atoms with van der Waals surface area (Å²) in [7, 11) is 1.44. The smallest absolute Gasteiger partial charge is 0.306 e. The molecule has 0 unspecified atom stereocenters. The summed E-state index contributed by atoms with van der Waals surface area (Å²) in [6.07, 6.45) is 6.66. The summed E-state index contributed by atoms with van der Waals surface area (Å²) >= 11 is 0. The summed E-state index contributed by atoms with van der Waals surface area (Å²) in [6, 6.07) is 6.25. The number of rotatable bonds is 7. The maximum absolute atomic E-state index is 12.8. The molecule has 3 heteroatoms. The summed E-state index contributed by atoms with van der Waals surface area (Å²) in [5.41, 5.74) is 3.29. The van der Waals surface area contributed by atoms with Crippen LogP contribution in [0.1, 0.15) is 68.6 Å². The molecule has 0 spiro atoms. The van der Waals surface area contributed by atoms with E-state index in [1.807, 2.05) is 0 Å². The summed E-state index contributed by atoms with van der Waals surface area (Å²) in [5.74, 6) is 0.792. The van der Waals surface area contributed by atoms with Crippen LogP contribution in [-0.2, 0) is 20.7 Å². The lowest BCUT2D eigenvalue weighted by Crippen LogP contribution is -2.33. The van der Waals surface area contributed by atoms with Gasteiger partial charge in [-0.15, -0.1) is 0 Å². The number of benzene rings is 1. The predicted molar refractivity (Wildman–Crippen MR) is 101 cm³/mol. The first-order valence-corrected chi connectivity index (χ1v) is 9.52. The molecule has 1 aliphatic rings. The molecule has 1 fully saturated rings.